The number of carbonyl (C=O) groups is 1. The van der Waals surface area contributed by atoms with Gasteiger partial charge in [0.05, 0.1) is 11.1 Å². The van der Waals surface area contributed by atoms with Gasteiger partial charge in [-0.2, -0.15) is 5.26 Å². The molecule has 0 unspecified atom stereocenters. The summed E-state index contributed by atoms with van der Waals surface area (Å²) in [5, 5.41) is 17.2. The second kappa shape index (κ2) is 4.07. The van der Waals surface area contributed by atoms with Crippen molar-refractivity contribution in [2.75, 3.05) is 0 Å². The molecule has 0 heterocycles. The van der Waals surface area contributed by atoms with Crippen molar-refractivity contribution < 1.29 is 14.3 Å². The fraction of sp³-hybridized carbons (Fsp3) is 0.111. The highest BCUT2D eigenvalue weighted by Gasteiger charge is 2.13. The van der Waals surface area contributed by atoms with Gasteiger partial charge in [-0.15, -0.1) is 11.6 Å². The standard InChI is InChI=1S/C9H5ClFNO2/c10-3-5-1-6(4-12)8(11)2-7(5)9(13)14/h1-2H,3H2,(H,13,14). The Balaban J connectivity index is 3.41. The number of hydrogen-bond donors (Lipinski definition) is 1. The molecule has 1 rings (SSSR count). The molecule has 1 N–H and O–H groups in total. The lowest BCUT2D eigenvalue weighted by Crippen LogP contribution is -2.03. The SMILES string of the molecule is N#Cc1cc(CCl)c(C(=O)O)cc1F. The van der Waals surface area contributed by atoms with Crippen molar-refractivity contribution in [2.45, 2.75) is 5.88 Å². The van der Waals surface area contributed by atoms with Crippen molar-refractivity contribution in [3.63, 3.8) is 0 Å². The highest BCUT2D eigenvalue weighted by Crippen LogP contribution is 2.17. The lowest BCUT2D eigenvalue weighted by molar-refractivity contribution is 0.0695. The van der Waals surface area contributed by atoms with Crippen LogP contribution >= 0.6 is 11.6 Å². The van der Waals surface area contributed by atoms with Gasteiger partial charge in [0.1, 0.15) is 11.9 Å². The summed E-state index contributed by atoms with van der Waals surface area (Å²) >= 11 is 5.46. The minimum Gasteiger partial charge on any atom is -0.478 e. The first kappa shape index (κ1) is 10.5. The molecule has 0 fully saturated rings. The van der Waals surface area contributed by atoms with E-state index >= 15 is 0 Å². The summed E-state index contributed by atoms with van der Waals surface area (Å²) in [6.07, 6.45) is 0. The third-order valence-corrected chi connectivity index (χ3v) is 1.98. The number of carboxylic acid groups (broad SMARTS) is 1. The van der Waals surface area contributed by atoms with Crippen LogP contribution in [0.3, 0.4) is 0 Å². The number of aromatic carboxylic acids is 1. The van der Waals surface area contributed by atoms with Crippen LogP contribution in [-0.2, 0) is 5.88 Å². The van der Waals surface area contributed by atoms with Gasteiger partial charge in [0.15, 0.2) is 0 Å². The van der Waals surface area contributed by atoms with E-state index in [-0.39, 0.29) is 22.6 Å². The van der Waals surface area contributed by atoms with E-state index in [1.807, 2.05) is 0 Å². The molecule has 14 heavy (non-hydrogen) atoms. The van der Waals surface area contributed by atoms with Gasteiger partial charge in [-0.25, -0.2) is 9.18 Å². The lowest BCUT2D eigenvalue weighted by Gasteiger charge is -2.03. The van der Waals surface area contributed by atoms with E-state index in [1.54, 1.807) is 6.07 Å². The maximum absolute atomic E-state index is 13.0. The number of halogens is 2. The van der Waals surface area contributed by atoms with E-state index < -0.39 is 11.8 Å². The highest BCUT2D eigenvalue weighted by atomic mass is 35.5. The minimum atomic E-state index is -1.26. The molecule has 0 aliphatic rings. The monoisotopic (exact) mass is 213 g/mol. The average Bonchev–Trinajstić information content (AvgIpc) is 2.17. The quantitative estimate of drug-likeness (QED) is 0.766. The summed E-state index contributed by atoms with van der Waals surface area (Å²) in [5.74, 6) is -2.18. The predicted molar refractivity (Wildman–Crippen MR) is 47.6 cm³/mol. The number of nitrogens with zero attached hydrogens (tertiary/aromatic N) is 1. The summed E-state index contributed by atoms with van der Waals surface area (Å²) in [4.78, 5) is 10.6. The molecule has 1 aromatic rings. The van der Waals surface area contributed by atoms with E-state index in [9.17, 15) is 9.18 Å². The largest absolute Gasteiger partial charge is 0.478 e. The molecule has 1 aromatic carbocycles. The highest BCUT2D eigenvalue weighted by molar-refractivity contribution is 6.17. The van der Waals surface area contributed by atoms with E-state index in [0.717, 1.165) is 12.1 Å². The first-order chi connectivity index (χ1) is 6.60. The Morgan fingerprint density at radius 1 is 1.64 bits per heavy atom. The number of carboxylic acids is 1. The van der Waals surface area contributed by atoms with Crippen molar-refractivity contribution in [3.05, 3.63) is 34.6 Å². The molecule has 0 saturated heterocycles. The Hall–Kier alpha value is -1.60. The number of nitriles is 1. The van der Waals surface area contributed by atoms with Crippen LogP contribution in [0.5, 0.6) is 0 Å². The van der Waals surface area contributed by atoms with E-state index in [4.69, 9.17) is 22.0 Å². The van der Waals surface area contributed by atoms with Crippen molar-refractivity contribution in [1.29, 1.82) is 5.26 Å². The Kier molecular flexibility index (Phi) is 3.05. The van der Waals surface area contributed by atoms with Crippen LogP contribution in [0.15, 0.2) is 12.1 Å². The van der Waals surface area contributed by atoms with E-state index in [2.05, 4.69) is 0 Å². The van der Waals surface area contributed by atoms with Gasteiger partial charge in [-0.05, 0) is 17.7 Å². The van der Waals surface area contributed by atoms with Crippen LogP contribution in [-0.4, -0.2) is 11.1 Å². The van der Waals surface area contributed by atoms with Crippen molar-refractivity contribution >= 4 is 17.6 Å². The van der Waals surface area contributed by atoms with E-state index in [0.29, 0.717) is 0 Å². The first-order valence-electron chi connectivity index (χ1n) is 3.62. The van der Waals surface area contributed by atoms with Gasteiger partial charge in [0, 0.05) is 5.88 Å². The third kappa shape index (κ3) is 1.83. The Bertz CT molecular complexity index is 426. The van der Waals surface area contributed by atoms with Crippen LogP contribution in [0.25, 0.3) is 0 Å². The molecule has 5 heteroatoms. The molecule has 0 amide bonds. The van der Waals surface area contributed by atoms with Gasteiger partial charge >= 0.3 is 5.97 Å². The molecule has 0 aliphatic carbocycles. The topological polar surface area (TPSA) is 61.1 Å². The molecule has 0 bridgehead atoms. The van der Waals surface area contributed by atoms with Crippen LogP contribution < -0.4 is 0 Å². The summed E-state index contributed by atoms with van der Waals surface area (Å²) in [7, 11) is 0. The smallest absolute Gasteiger partial charge is 0.336 e. The number of alkyl halides is 1. The average molecular weight is 214 g/mol. The van der Waals surface area contributed by atoms with Gasteiger partial charge in [-0.3, -0.25) is 0 Å². The normalized spacial score (nSPS) is 9.50. The Labute approximate surface area is 84.3 Å². The summed E-state index contributed by atoms with van der Waals surface area (Å²) in [6, 6.07) is 3.56. The van der Waals surface area contributed by atoms with Crippen LogP contribution in [0.1, 0.15) is 21.5 Å². The fourth-order valence-corrected chi connectivity index (χ4v) is 1.23. The van der Waals surface area contributed by atoms with Crippen LogP contribution in [0, 0.1) is 17.1 Å². The molecule has 0 aromatic heterocycles. The zero-order chi connectivity index (χ0) is 10.7. The molecule has 72 valence electrons. The molecule has 0 radical (unpaired) electrons. The van der Waals surface area contributed by atoms with Gasteiger partial charge in [0.25, 0.3) is 0 Å². The first-order valence-corrected chi connectivity index (χ1v) is 4.15. The van der Waals surface area contributed by atoms with Gasteiger partial charge < -0.3 is 5.11 Å². The van der Waals surface area contributed by atoms with E-state index in [1.165, 1.54) is 0 Å². The van der Waals surface area contributed by atoms with Gasteiger partial charge in [-0.1, -0.05) is 0 Å². The molecular formula is C9H5ClFNO2. The summed E-state index contributed by atoms with van der Waals surface area (Å²) in [6.45, 7) is 0. The lowest BCUT2D eigenvalue weighted by atomic mass is 10.1. The molecule has 0 aliphatic heterocycles. The zero-order valence-corrected chi connectivity index (χ0v) is 7.68. The second-order valence-electron chi connectivity index (χ2n) is 2.54. The molecule has 3 nitrogen and oxygen atoms in total. The molecule has 0 spiro atoms. The van der Waals surface area contributed by atoms with Crippen molar-refractivity contribution in [2.24, 2.45) is 0 Å². The molecule has 0 atom stereocenters. The molecular weight excluding hydrogens is 209 g/mol. The number of rotatable bonds is 2. The second-order valence-corrected chi connectivity index (χ2v) is 2.81. The van der Waals surface area contributed by atoms with Crippen molar-refractivity contribution in [3.8, 4) is 6.07 Å². The van der Waals surface area contributed by atoms with Crippen molar-refractivity contribution in [1.82, 2.24) is 0 Å². The predicted octanol–water partition coefficient (Wildman–Crippen LogP) is 2.13. The van der Waals surface area contributed by atoms with Crippen LogP contribution in [0.2, 0.25) is 0 Å². The van der Waals surface area contributed by atoms with Gasteiger partial charge in [0.2, 0.25) is 0 Å². The zero-order valence-electron chi connectivity index (χ0n) is 6.92. The summed E-state index contributed by atoms with van der Waals surface area (Å²) in [5.41, 5.74) is -0.181. The Morgan fingerprint density at radius 3 is 2.71 bits per heavy atom. The number of benzene rings is 1. The number of hydrogen-bond acceptors (Lipinski definition) is 2. The summed E-state index contributed by atoms with van der Waals surface area (Å²) < 4.78 is 13.0. The fourth-order valence-electron chi connectivity index (χ4n) is 1.01. The Morgan fingerprint density at radius 2 is 2.29 bits per heavy atom. The minimum absolute atomic E-state index is 0.0728. The maximum Gasteiger partial charge on any atom is 0.336 e. The maximum atomic E-state index is 13.0. The van der Waals surface area contributed by atoms with Crippen LogP contribution in [0.4, 0.5) is 4.39 Å². The molecule has 0 saturated carbocycles. The third-order valence-electron chi connectivity index (χ3n) is 1.69.